The molecule has 1 saturated heterocycles. The minimum absolute atomic E-state index is 0.0601. The third-order valence-electron chi connectivity index (χ3n) is 3.35. The monoisotopic (exact) mass is 299 g/mol. The predicted molar refractivity (Wildman–Crippen MR) is 76.0 cm³/mol. The van der Waals surface area contributed by atoms with Crippen LogP contribution in [0.25, 0.3) is 0 Å². The first-order valence-electron chi connectivity index (χ1n) is 6.79. The Morgan fingerprint density at radius 1 is 1.20 bits per heavy atom. The molecule has 0 bridgehead atoms. The lowest BCUT2D eigenvalue weighted by Gasteiger charge is -2.34. The van der Waals surface area contributed by atoms with Crippen molar-refractivity contribution in [3.8, 4) is 0 Å². The van der Waals surface area contributed by atoms with Crippen LogP contribution >= 0.6 is 0 Å². The van der Waals surface area contributed by atoms with Crippen LogP contribution in [-0.4, -0.2) is 49.7 Å². The smallest absolute Gasteiger partial charge is 0.243 e. The Morgan fingerprint density at radius 2 is 1.75 bits per heavy atom. The second-order valence-electron chi connectivity index (χ2n) is 5.20. The molecule has 1 aliphatic rings. The average Bonchev–Trinajstić information content (AvgIpc) is 2.38. The van der Waals surface area contributed by atoms with Gasteiger partial charge in [-0.15, -0.1) is 0 Å². The zero-order chi connectivity index (χ0) is 14.8. The van der Waals surface area contributed by atoms with E-state index in [4.69, 9.17) is 9.84 Å². The molecule has 1 fully saturated rings. The summed E-state index contributed by atoms with van der Waals surface area (Å²) < 4.78 is 32.2. The molecule has 2 atom stereocenters. The minimum Gasteiger partial charge on any atom is -0.396 e. The van der Waals surface area contributed by atoms with Gasteiger partial charge in [0.15, 0.2) is 0 Å². The van der Waals surface area contributed by atoms with Crippen LogP contribution in [0.4, 0.5) is 0 Å². The summed E-state index contributed by atoms with van der Waals surface area (Å²) in [6, 6.07) is 6.70. The van der Waals surface area contributed by atoms with Crippen molar-refractivity contribution in [1.29, 1.82) is 0 Å². The molecule has 2 unspecified atom stereocenters. The van der Waals surface area contributed by atoms with Gasteiger partial charge in [0.25, 0.3) is 0 Å². The van der Waals surface area contributed by atoms with Gasteiger partial charge in [-0.1, -0.05) is 12.1 Å². The van der Waals surface area contributed by atoms with E-state index in [0.717, 1.165) is 5.56 Å². The standard InChI is InChI=1S/C14H21NO4S/c1-11-9-15(10-12(2)19-11)20(17,18)14-5-3-13(4-6-14)7-8-16/h3-6,11-12,16H,7-10H2,1-2H3. The molecule has 0 saturated carbocycles. The van der Waals surface area contributed by atoms with Gasteiger partial charge in [-0.25, -0.2) is 8.42 Å². The maximum atomic E-state index is 12.6. The van der Waals surface area contributed by atoms with Gasteiger partial charge in [0, 0.05) is 19.7 Å². The van der Waals surface area contributed by atoms with Gasteiger partial charge in [0.05, 0.1) is 17.1 Å². The van der Waals surface area contributed by atoms with Crippen molar-refractivity contribution in [3.05, 3.63) is 29.8 Å². The highest BCUT2D eigenvalue weighted by Crippen LogP contribution is 2.21. The lowest BCUT2D eigenvalue weighted by atomic mass is 10.2. The van der Waals surface area contributed by atoms with Crippen molar-refractivity contribution in [2.24, 2.45) is 0 Å². The van der Waals surface area contributed by atoms with E-state index in [0.29, 0.717) is 24.4 Å². The molecule has 1 aliphatic heterocycles. The molecule has 2 rings (SSSR count). The quantitative estimate of drug-likeness (QED) is 0.901. The maximum Gasteiger partial charge on any atom is 0.243 e. The number of hydrogen-bond donors (Lipinski definition) is 1. The Balaban J connectivity index is 2.21. The Bertz CT molecular complexity index is 531. The fourth-order valence-electron chi connectivity index (χ4n) is 2.43. The third-order valence-corrected chi connectivity index (χ3v) is 5.19. The van der Waals surface area contributed by atoms with Gasteiger partial charge in [0.2, 0.25) is 10.0 Å². The van der Waals surface area contributed by atoms with Crippen molar-refractivity contribution in [2.75, 3.05) is 19.7 Å². The van der Waals surface area contributed by atoms with Crippen molar-refractivity contribution in [2.45, 2.75) is 37.4 Å². The van der Waals surface area contributed by atoms with E-state index in [1.165, 1.54) is 4.31 Å². The molecule has 0 amide bonds. The van der Waals surface area contributed by atoms with Gasteiger partial charge < -0.3 is 9.84 Å². The lowest BCUT2D eigenvalue weighted by molar-refractivity contribution is -0.0440. The van der Waals surface area contributed by atoms with Crippen molar-refractivity contribution >= 4 is 10.0 Å². The topological polar surface area (TPSA) is 66.8 Å². The van der Waals surface area contributed by atoms with Gasteiger partial charge >= 0.3 is 0 Å². The summed E-state index contributed by atoms with van der Waals surface area (Å²) >= 11 is 0. The Labute approximate surface area is 120 Å². The average molecular weight is 299 g/mol. The molecule has 0 aromatic heterocycles. The highest BCUT2D eigenvalue weighted by Gasteiger charge is 2.31. The fraction of sp³-hybridized carbons (Fsp3) is 0.571. The third kappa shape index (κ3) is 3.38. The summed E-state index contributed by atoms with van der Waals surface area (Å²) in [4.78, 5) is 0.292. The van der Waals surface area contributed by atoms with E-state index in [9.17, 15) is 8.42 Å². The molecule has 1 heterocycles. The van der Waals surface area contributed by atoms with E-state index in [1.807, 2.05) is 13.8 Å². The van der Waals surface area contributed by atoms with Crippen molar-refractivity contribution in [1.82, 2.24) is 4.31 Å². The van der Waals surface area contributed by atoms with Crippen LogP contribution in [0.3, 0.4) is 0 Å². The van der Waals surface area contributed by atoms with Crippen molar-refractivity contribution in [3.63, 3.8) is 0 Å². The van der Waals surface area contributed by atoms with Crippen molar-refractivity contribution < 1.29 is 18.3 Å². The van der Waals surface area contributed by atoms with Gasteiger partial charge in [-0.2, -0.15) is 4.31 Å². The zero-order valence-corrected chi connectivity index (χ0v) is 12.6. The van der Waals surface area contributed by atoms with Crippen LogP contribution in [0.2, 0.25) is 0 Å². The minimum atomic E-state index is -3.47. The number of ether oxygens (including phenoxy) is 1. The second-order valence-corrected chi connectivity index (χ2v) is 7.13. The van der Waals surface area contributed by atoms with Crippen LogP contribution in [0.1, 0.15) is 19.4 Å². The largest absolute Gasteiger partial charge is 0.396 e. The van der Waals surface area contributed by atoms with Gasteiger partial charge in [0.1, 0.15) is 0 Å². The number of nitrogens with zero attached hydrogens (tertiary/aromatic N) is 1. The lowest BCUT2D eigenvalue weighted by Crippen LogP contribution is -2.48. The van der Waals surface area contributed by atoms with E-state index in [1.54, 1.807) is 24.3 Å². The molecule has 0 aliphatic carbocycles. The zero-order valence-electron chi connectivity index (χ0n) is 11.8. The summed E-state index contributed by atoms with van der Waals surface area (Å²) in [7, 11) is -3.47. The molecule has 112 valence electrons. The van der Waals surface area contributed by atoms with E-state index < -0.39 is 10.0 Å². The summed E-state index contributed by atoms with van der Waals surface area (Å²) in [6.07, 6.45) is 0.343. The summed E-state index contributed by atoms with van der Waals surface area (Å²) in [5.41, 5.74) is 0.926. The molecule has 6 heteroatoms. The number of morpholine rings is 1. The van der Waals surface area contributed by atoms with Crippen LogP contribution in [0.15, 0.2) is 29.2 Å². The molecule has 0 radical (unpaired) electrons. The van der Waals surface area contributed by atoms with E-state index in [2.05, 4.69) is 0 Å². The highest BCUT2D eigenvalue weighted by molar-refractivity contribution is 7.89. The molecular formula is C14H21NO4S. The predicted octanol–water partition coefficient (Wildman–Crippen LogP) is 1.02. The molecule has 20 heavy (non-hydrogen) atoms. The Morgan fingerprint density at radius 3 is 2.25 bits per heavy atom. The van der Waals surface area contributed by atoms with Crippen LogP contribution < -0.4 is 0 Å². The summed E-state index contributed by atoms with van der Waals surface area (Å²) in [5.74, 6) is 0. The summed E-state index contributed by atoms with van der Waals surface area (Å²) in [6.45, 7) is 4.58. The van der Waals surface area contributed by atoms with Gasteiger partial charge in [-0.3, -0.25) is 0 Å². The van der Waals surface area contributed by atoms with Crippen LogP contribution in [0.5, 0.6) is 0 Å². The van der Waals surface area contributed by atoms with E-state index in [-0.39, 0.29) is 18.8 Å². The molecule has 5 nitrogen and oxygen atoms in total. The first-order chi connectivity index (χ1) is 9.43. The fourth-order valence-corrected chi connectivity index (χ4v) is 4.02. The number of aliphatic hydroxyl groups is 1. The molecular weight excluding hydrogens is 278 g/mol. The number of hydrogen-bond acceptors (Lipinski definition) is 4. The molecule has 0 spiro atoms. The van der Waals surface area contributed by atoms with Gasteiger partial charge in [-0.05, 0) is 38.0 Å². The van der Waals surface area contributed by atoms with E-state index >= 15 is 0 Å². The molecule has 1 aromatic rings. The SMILES string of the molecule is CC1CN(S(=O)(=O)c2ccc(CCO)cc2)CC(C)O1. The highest BCUT2D eigenvalue weighted by atomic mass is 32.2. The number of benzene rings is 1. The maximum absolute atomic E-state index is 12.6. The summed E-state index contributed by atoms with van der Waals surface area (Å²) in [5, 5.41) is 8.87. The Kier molecular flexibility index (Phi) is 4.80. The Hall–Kier alpha value is -0.950. The first-order valence-corrected chi connectivity index (χ1v) is 8.23. The number of sulfonamides is 1. The second kappa shape index (κ2) is 6.22. The number of aliphatic hydroxyl groups excluding tert-OH is 1. The first kappa shape index (κ1) is 15.4. The van der Waals surface area contributed by atoms with Crippen LogP contribution in [0, 0.1) is 0 Å². The normalized spacial score (nSPS) is 24.8. The molecule has 1 N–H and O–H groups in total. The van der Waals surface area contributed by atoms with Crippen LogP contribution in [-0.2, 0) is 21.2 Å². The molecule has 1 aromatic carbocycles. The number of rotatable bonds is 4.